The highest BCUT2D eigenvalue weighted by Gasteiger charge is 2.31. The Kier molecular flexibility index (Phi) is 3.28. The molecule has 0 saturated carbocycles. The third-order valence-corrected chi connectivity index (χ3v) is 5.82. The molecular weight excluding hydrogens is 408 g/mol. The summed E-state index contributed by atoms with van der Waals surface area (Å²) in [6.07, 6.45) is 0. The van der Waals surface area contributed by atoms with Gasteiger partial charge in [-0.2, -0.15) is 4.79 Å². The second-order valence-corrected chi connectivity index (χ2v) is 4.88. The molecule has 1 aliphatic rings. The molecule has 1 aliphatic carbocycles. The first kappa shape index (κ1) is 9.86. The SMILES string of the molecule is [N-]=[N+]=C1C(Br)=C(Br)C(Br)=C1Br. The lowest BCUT2D eigenvalue weighted by Crippen LogP contribution is -1.93. The molecule has 0 saturated heterocycles. The van der Waals surface area contributed by atoms with E-state index in [1.54, 1.807) is 0 Å². The molecule has 0 fully saturated rings. The van der Waals surface area contributed by atoms with E-state index >= 15 is 0 Å². The molecule has 0 spiro atoms. The van der Waals surface area contributed by atoms with Gasteiger partial charge in [0.05, 0.1) is 8.96 Å². The van der Waals surface area contributed by atoms with Gasteiger partial charge in [0.2, 0.25) is 0 Å². The van der Waals surface area contributed by atoms with Crippen LogP contribution >= 0.6 is 63.7 Å². The minimum atomic E-state index is 0.476. The van der Waals surface area contributed by atoms with Gasteiger partial charge in [-0.1, -0.05) is 0 Å². The van der Waals surface area contributed by atoms with Crippen LogP contribution in [-0.4, -0.2) is 10.5 Å². The minimum Gasteiger partial charge on any atom is -0.361 e. The van der Waals surface area contributed by atoms with Gasteiger partial charge in [-0.15, -0.1) is 0 Å². The van der Waals surface area contributed by atoms with Gasteiger partial charge in [0.15, 0.2) is 0 Å². The number of halogens is 4. The van der Waals surface area contributed by atoms with Crippen molar-refractivity contribution in [1.29, 1.82) is 0 Å². The van der Waals surface area contributed by atoms with Crippen LogP contribution in [0.25, 0.3) is 5.53 Å². The normalized spacial score (nSPS) is 18.0. The van der Waals surface area contributed by atoms with Crippen LogP contribution in [0.2, 0.25) is 0 Å². The Morgan fingerprint density at radius 2 is 1.18 bits per heavy atom. The summed E-state index contributed by atoms with van der Waals surface area (Å²) in [5, 5.41) is 0. The number of nitrogens with zero attached hydrogens (tertiary/aromatic N) is 2. The predicted octanol–water partition coefficient (Wildman–Crippen LogP) is 3.67. The molecule has 0 aliphatic heterocycles. The molecule has 0 bridgehead atoms. The first-order valence-electron chi connectivity index (χ1n) is 2.43. The molecule has 58 valence electrons. The molecule has 0 radical (unpaired) electrons. The fraction of sp³-hybridized carbons (Fsp3) is 0. The van der Waals surface area contributed by atoms with Crippen LogP contribution in [0.15, 0.2) is 17.9 Å². The summed E-state index contributed by atoms with van der Waals surface area (Å²) in [7, 11) is 0. The quantitative estimate of drug-likeness (QED) is 0.434. The number of hydrogen-bond acceptors (Lipinski definition) is 0. The van der Waals surface area contributed by atoms with Crippen molar-refractivity contribution in [3.05, 3.63) is 23.5 Å². The van der Waals surface area contributed by atoms with Gasteiger partial charge in [0.25, 0.3) is 0 Å². The Bertz CT molecular complexity index is 295. The molecule has 0 aromatic rings. The maximum absolute atomic E-state index is 8.56. The highest BCUT2D eigenvalue weighted by atomic mass is 79.9. The zero-order chi connectivity index (χ0) is 8.59. The molecule has 0 aromatic carbocycles. The second-order valence-electron chi connectivity index (χ2n) is 1.70. The van der Waals surface area contributed by atoms with E-state index in [2.05, 4.69) is 68.5 Å². The van der Waals surface area contributed by atoms with Crippen LogP contribution in [0.3, 0.4) is 0 Å². The number of hydrogen-bond donors (Lipinski definition) is 0. The number of allylic oxidation sites excluding steroid dienone is 4. The molecule has 6 heteroatoms. The van der Waals surface area contributed by atoms with Crippen LogP contribution in [-0.2, 0) is 0 Å². The standard InChI is InChI=1S/C5Br4N2/c6-1-2(7)4(9)5(11-10)3(1)8. The molecule has 11 heavy (non-hydrogen) atoms. The largest absolute Gasteiger partial charge is 0.361 e. The average Bonchev–Trinajstić information content (AvgIpc) is 2.17. The molecule has 0 heterocycles. The van der Waals surface area contributed by atoms with E-state index in [1.165, 1.54) is 0 Å². The third kappa shape index (κ3) is 1.60. The molecule has 0 unspecified atom stereocenters. The lowest BCUT2D eigenvalue weighted by Gasteiger charge is -1.85. The highest BCUT2D eigenvalue weighted by Crippen LogP contribution is 2.42. The van der Waals surface area contributed by atoms with Crippen LogP contribution in [0, 0.1) is 0 Å². The zero-order valence-corrected chi connectivity index (χ0v) is 11.3. The summed E-state index contributed by atoms with van der Waals surface area (Å²) in [6, 6.07) is 0. The van der Waals surface area contributed by atoms with Crippen molar-refractivity contribution in [2.75, 3.05) is 0 Å². The summed E-state index contributed by atoms with van der Waals surface area (Å²) < 4.78 is 3.10. The zero-order valence-electron chi connectivity index (χ0n) is 4.91. The van der Waals surface area contributed by atoms with Crippen LogP contribution < -0.4 is 0 Å². The van der Waals surface area contributed by atoms with E-state index in [1.807, 2.05) is 0 Å². The van der Waals surface area contributed by atoms with Gasteiger partial charge in [0, 0.05) is 0 Å². The van der Waals surface area contributed by atoms with Crippen molar-refractivity contribution >= 4 is 69.4 Å². The van der Waals surface area contributed by atoms with Crippen molar-refractivity contribution in [2.45, 2.75) is 0 Å². The van der Waals surface area contributed by atoms with Crippen molar-refractivity contribution in [2.24, 2.45) is 0 Å². The van der Waals surface area contributed by atoms with Crippen molar-refractivity contribution in [1.82, 2.24) is 0 Å². The van der Waals surface area contributed by atoms with Gasteiger partial charge in [-0.3, -0.25) is 0 Å². The fourth-order valence-electron chi connectivity index (χ4n) is 0.585. The molecule has 0 atom stereocenters. The first-order valence-corrected chi connectivity index (χ1v) is 5.60. The summed E-state index contributed by atoms with van der Waals surface area (Å²) in [5.74, 6) is 0. The Morgan fingerprint density at radius 3 is 1.36 bits per heavy atom. The summed E-state index contributed by atoms with van der Waals surface area (Å²) >= 11 is 13.1. The lowest BCUT2D eigenvalue weighted by atomic mass is 10.4. The van der Waals surface area contributed by atoms with Crippen molar-refractivity contribution in [3.63, 3.8) is 0 Å². The van der Waals surface area contributed by atoms with Crippen LogP contribution in [0.1, 0.15) is 0 Å². The van der Waals surface area contributed by atoms with Crippen LogP contribution in [0.4, 0.5) is 0 Å². The van der Waals surface area contributed by atoms with Gasteiger partial charge in [-0.25, -0.2) is 0 Å². The Labute approximate surface area is 96.9 Å². The maximum atomic E-state index is 8.56. The van der Waals surface area contributed by atoms with E-state index in [4.69, 9.17) is 5.53 Å². The molecule has 0 N–H and O–H groups in total. The van der Waals surface area contributed by atoms with Gasteiger partial charge >= 0.3 is 5.71 Å². The molecule has 1 rings (SSSR count). The van der Waals surface area contributed by atoms with E-state index in [9.17, 15) is 0 Å². The van der Waals surface area contributed by atoms with Gasteiger partial charge in [0.1, 0.15) is 8.96 Å². The van der Waals surface area contributed by atoms with Gasteiger partial charge in [-0.05, 0) is 63.7 Å². The average molecular weight is 408 g/mol. The topological polar surface area (TPSA) is 36.4 Å². The summed E-state index contributed by atoms with van der Waals surface area (Å²) in [4.78, 5) is 3.10. The van der Waals surface area contributed by atoms with Crippen LogP contribution in [0.5, 0.6) is 0 Å². The van der Waals surface area contributed by atoms with E-state index in [-0.39, 0.29) is 0 Å². The van der Waals surface area contributed by atoms with E-state index in [0.29, 0.717) is 5.71 Å². The fourth-order valence-corrected chi connectivity index (χ4v) is 3.11. The summed E-state index contributed by atoms with van der Waals surface area (Å²) in [6.45, 7) is 0. The maximum Gasteiger partial charge on any atom is 0.345 e. The van der Waals surface area contributed by atoms with E-state index in [0.717, 1.165) is 17.9 Å². The highest BCUT2D eigenvalue weighted by molar-refractivity contribution is 9.17. The second kappa shape index (κ2) is 3.66. The first-order chi connectivity index (χ1) is 5.09. The lowest BCUT2D eigenvalue weighted by molar-refractivity contribution is -0.00180. The molecule has 0 amide bonds. The Balaban J connectivity index is 3.38. The smallest absolute Gasteiger partial charge is 0.345 e. The van der Waals surface area contributed by atoms with E-state index < -0.39 is 0 Å². The van der Waals surface area contributed by atoms with Crippen molar-refractivity contribution in [3.8, 4) is 0 Å². The monoisotopic (exact) mass is 404 g/mol. The Morgan fingerprint density at radius 1 is 0.818 bits per heavy atom. The van der Waals surface area contributed by atoms with Gasteiger partial charge < -0.3 is 5.53 Å². The molecular formula is C5Br4N2. The molecule has 2 nitrogen and oxygen atoms in total. The van der Waals surface area contributed by atoms with Crippen molar-refractivity contribution < 1.29 is 4.79 Å². The molecule has 0 aromatic heterocycles. The summed E-state index contributed by atoms with van der Waals surface area (Å²) in [5.41, 5.74) is 9.04. The number of rotatable bonds is 0. The predicted molar refractivity (Wildman–Crippen MR) is 58.4 cm³/mol. The minimum absolute atomic E-state index is 0.476. The third-order valence-electron chi connectivity index (χ3n) is 1.09. The Hall–Kier alpha value is 0.780.